The zero-order chi connectivity index (χ0) is 56.2. The molecule has 0 saturated heterocycles. The number of hydrogen-bond donors (Lipinski definition) is 5. The van der Waals surface area contributed by atoms with Gasteiger partial charge in [0.1, 0.15) is 18.0 Å². The number of aliphatic hydroxyl groups excluding tert-OH is 2. The van der Waals surface area contributed by atoms with Gasteiger partial charge >= 0.3 is 11.9 Å². The topological polar surface area (TPSA) is 172 Å². The summed E-state index contributed by atoms with van der Waals surface area (Å²) in [6.45, 7) is 1.43. The predicted octanol–water partition coefficient (Wildman–Crippen LogP) is 12.7. The van der Waals surface area contributed by atoms with Crippen molar-refractivity contribution in [2.45, 2.75) is 119 Å². The van der Waals surface area contributed by atoms with Crippen molar-refractivity contribution in [3.05, 3.63) is 191 Å². The minimum Gasteiger partial charge on any atom is -0.508 e. The molecule has 12 rings (SSSR count). The van der Waals surface area contributed by atoms with Crippen molar-refractivity contribution in [2.24, 2.45) is 29.1 Å². The highest BCUT2D eigenvalue weighted by atomic mass is 16.6. The molecule has 12 unspecified atom stereocenters. The minimum atomic E-state index is -1.16. The van der Waals surface area contributed by atoms with E-state index in [0.29, 0.717) is 62.9 Å². The Balaban J connectivity index is 1.03. The second kappa shape index (κ2) is 22.0. The summed E-state index contributed by atoms with van der Waals surface area (Å²) in [5.74, 6) is -2.17. The Morgan fingerprint density at radius 3 is 2.19 bits per heavy atom. The Hall–Kier alpha value is -7.60. The Labute approximate surface area is 473 Å². The number of ether oxygens (including phenoxy) is 4. The molecule has 12 atom stereocenters. The monoisotopic (exact) mass is 1090 g/mol. The number of hydrogen-bond acceptors (Lipinski definition) is 11. The summed E-state index contributed by atoms with van der Waals surface area (Å²) in [6, 6.07) is 47.0. The maximum absolute atomic E-state index is 16.5. The van der Waals surface area contributed by atoms with Gasteiger partial charge in [-0.05, 0) is 191 Å². The maximum atomic E-state index is 16.5. The predicted molar refractivity (Wildman–Crippen MR) is 311 cm³/mol. The molecule has 0 aromatic heterocycles. The van der Waals surface area contributed by atoms with Crippen LogP contribution in [0.15, 0.2) is 152 Å². The second-order valence-electron chi connectivity index (χ2n) is 23.8. The van der Waals surface area contributed by atoms with Crippen LogP contribution < -0.4 is 9.47 Å². The van der Waals surface area contributed by atoms with Crippen LogP contribution in [0.2, 0.25) is 0 Å². The smallest absolute Gasteiger partial charge is 0.317 e. The molecule has 81 heavy (non-hydrogen) atoms. The van der Waals surface area contributed by atoms with Crippen molar-refractivity contribution in [1.82, 2.24) is 0 Å². The molecule has 3 fully saturated rings. The first-order valence-electron chi connectivity index (χ1n) is 28.9. The number of phenolic OH excluding ortho intramolecular Hbond substituents is 3. The standard InChI is InChI=1S/C70H72O11/c1-41(71)80-64-37-52(81-68(77)69(26-13-20-48(69)23-24-50(72)28-43-16-9-5-10-17-43)49-22-21-45-29-51(73)35-54(53(45)34-49)44-18-11-6-12-19-44)36-57-55-39-66(79-3)62(75)32-46(55)30-58-61(74)40-59-56-38-63(76)65(78-2)33-47(56)31-60(64)70(59,67(57)58)27-25-42-14-7-4-8-15-42/h4-12,14-19,21-22,25,27,29,32-35,38-39,48,50,52,57-61,64,67,72-76H,13,20,23-24,26,28,30-31,36-37,40H2,1-3H3. The Bertz CT molecular complexity index is 3490. The molecule has 0 radical (unpaired) electrons. The van der Waals surface area contributed by atoms with Crippen LogP contribution in [0.3, 0.4) is 0 Å². The number of methoxy groups -OCH3 is 2. The number of allylic oxidation sites excluding steroid dienone is 1. The number of benzene rings is 7. The van der Waals surface area contributed by atoms with Crippen molar-refractivity contribution < 1.29 is 54.1 Å². The molecule has 0 bridgehead atoms. The van der Waals surface area contributed by atoms with Crippen molar-refractivity contribution in [2.75, 3.05) is 14.2 Å². The molecule has 0 aliphatic heterocycles. The largest absolute Gasteiger partial charge is 0.508 e. The van der Waals surface area contributed by atoms with Gasteiger partial charge in [0, 0.05) is 24.7 Å². The van der Waals surface area contributed by atoms with E-state index in [4.69, 9.17) is 18.9 Å². The molecule has 11 heteroatoms. The summed E-state index contributed by atoms with van der Waals surface area (Å²) in [5.41, 5.74) is 6.24. The zero-order valence-corrected chi connectivity index (χ0v) is 46.2. The van der Waals surface area contributed by atoms with E-state index in [1.165, 1.54) is 21.1 Å². The Morgan fingerprint density at radius 1 is 0.741 bits per heavy atom. The molecule has 5 N–H and O–H groups in total. The molecule has 0 heterocycles. The van der Waals surface area contributed by atoms with E-state index in [1.807, 2.05) is 103 Å². The molecule has 0 spiro atoms. The minimum absolute atomic E-state index is 0.000639. The number of carbonyl (C=O) groups is 2. The number of aliphatic hydroxyl groups is 2. The van der Waals surface area contributed by atoms with Crippen molar-refractivity contribution in [3.63, 3.8) is 0 Å². The number of fused-ring (bicyclic) bond motifs is 5. The molecular weight excluding hydrogens is 1020 g/mol. The van der Waals surface area contributed by atoms with Gasteiger partial charge in [0.05, 0.1) is 31.8 Å². The summed E-state index contributed by atoms with van der Waals surface area (Å²) in [7, 11) is 3.06. The third kappa shape index (κ3) is 9.79. The average Bonchev–Trinajstić information content (AvgIpc) is 2.08. The summed E-state index contributed by atoms with van der Waals surface area (Å²) < 4.78 is 25.6. The quantitative estimate of drug-likeness (QED) is 0.0656. The van der Waals surface area contributed by atoms with E-state index in [9.17, 15) is 30.3 Å². The molecule has 0 amide bonds. The summed E-state index contributed by atoms with van der Waals surface area (Å²) >= 11 is 0. The number of phenols is 3. The lowest BCUT2D eigenvalue weighted by Crippen LogP contribution is -2.62. The highest BCUT2D eigenvalue weighted by molar-refractivity contribution is 5.99. The van der Waals surface area contributed by atoms with Gasteiger partial charge in [-0.3, -0.25) is 9.59 Å². The molecule has 7 aromatic rings. The molecule has 5 aliphatic rings. The lowest BCUT2D eigenvalue weighted by molar-refractivity contribution is -0.179. The van der Waals surface area contributed by atoms with Gasteiger partial charge in [0.2, 0.25) is 0 Å². The molecule has 11 nitrogen and oxygen atoms in total. The number of rotatable bonds is 14. The lowest BCUT2D eigenvalue weighted by Gasteiger charge is -2.64. The molecule has 3 saturated carbocycles. The SMILES string of the molecule is COc1cc2c(cc1O)C1CC(O)C3Cc4cc(O)c(OC)cc4C4CC(OC(=O)C5(c6ccc7cc(O)cc(-c8ccccc8)c7c6)CCCC5CCC(O)Cc5ccccc5)CC(OC(C)=O)C(C2)C1(C=Cc1ccccc1)C43. The Kier molecular flexibility index (Phi) is 14.7. The third-order valence-electron chi connectivity index (χ3n) is 19.5. The van der Waals surface area contributed by atoms with Crippen LogP contribution in [0.5, 0.6) is 28.7 Å². The van der Waals surface area contributed by atoms with E-state index in [2.05, 4.69) is 30.4 Å². The average molecular weight is 1090 g/mol. The van der Waals surface area contributed by atoms with Crippen molar-refractivity contribution >= 4 is 28.8 Å². The summed E-state index contributed by atoms with van der Waals surface area (Å²) in [5, 5.41) is 60.3. The van der Waals surface area contributed by atoms with Gasteiger partial charge in [-0.2, -0.15) is 0 Å². The third-order valence-corrected chi connectivity index (χ3v) is 19.5. The number of carbonyl (C=O) groups excluding carboxylic acids is 2. The molecule has 418 valence electrons. The fraction of sp³-hybridized carbons (Fsp3) is 0.371. The highest BCUT2D eigenvalue weighted by Crippen LogP contribution is 2.70. The Morgan fingerprint density at radius 2 is 1.44 bits per heavy atom. The van der Waals surface area contributed by atoms with E-state index >= 15 is 4.79 Å². The first-order valence-corrected chi connectivity index (χ1v) is 28.9. The number of esters is 2. The van der Waals surface area contributed by atoms with Crippen molar-refractivity contribution in [1.29, 1.82) is 0 Å². The van der Waals surface area contributed by atoms with Crippen LogP contribution in [-0.2, 0) is 43.7 Å². The number of aromatic hydroxyl groups is 3. The maximum Gasteiger partial charge on any atom is 0.317 e. The van der Waals surface area contributed by atoms with Crippen LogP contribution in [0.25, 0.3) is 28.0 Å². The van der Waals surface area contributed by atoms with Gasteiger partial charge in [-0.15, -0.1) is 0 Å². The van der Waals surface area contributed by atoms with E-state index in [-0.39, 0.29) is 59.2 Å². The second-order valence-corrected chi connectivity index (χ2v) is 23.8. The highest BCUT2D eigenvalue weighted by Gasteiger charge is 2.66. The van der Waals surface area contributed by atoms with Crippen LogP contribution in [0.4, 0.5) is 0 Å². The van der Waals surface area contributed by atoms with Crippen LogP contribution in [0, 0.1) is 29.1 Å². The zero-order valence-electron chi connectivity index (χ0n) is 46.2. The first kappa shape index (κ1) is 54.0. The van der Waals surface area contributed by atoms with Gasteiger partial charge < -0.3 is 44.5 Å². The fourth-order valence-electron chi connectivity index (χ4n) is 16.2. The van der Waals surface area contributed by atoms with E-state index < -0.39 is 47.1 Å². The summed E-state index contributed by atoms with van der Waals surface area (Å²) in [4.78, 5) is 30.3. The normalized spacial score (nSPS) is 27.7. The molecule has 7 aromatic carbocycles. The van der Waals surface area contributed by atoms with Gasteiger partial charge in [0.25, 0.3) is 0 Å². The lowest BCUT2D eigenvalue weighted by atomic mass is 9.40. The van der Waals surface area contributed by atoms with Gasteiger partial charge in [-0.25, -0.2) is 0 Å². The van der Waals surface area contributed by atoms with Gasteiger partial charge in [0.15, 0.2) is 23.0 Å². The van der Waals surface area contributed by atoms with E-state index in [1.54, 1.807) is 24.3 Å². The van der Waals surface area contributed by atoms with Crippen LogP contribution in [-0.4, -0.2) is 76.1 Å². The van der Waals surface area contributed by atoms with Crippen molar-refractivity contribution in [3.8, 4) is 39.9 Å². The van der Waals surface area contributed by atoms with E-state index in [0.717, 1.165) is 73.7 Å². The van der Waals surface area contributed by atoms with Crippen LogP contribution >= 0.6 is 0 Å². The van der Waals surface area contributed by atoms with Gasteiger partial charge in [-0.1, -0.05) is 122 Å². The summed E-state index contributed by atoms with van der Waals surface area (Å²) in [6.07, 6.45) is 6.57. The van der Waals surface area contributed by atoms with Crippen LogP contribution in [0.1, 0.15) is 109 Å². The first-order chi connectivity index (χ1) is 39.3. The molecule has 5 aliphatic carbocycles. The molecular formula is C70H72O11. The fourth-order valence-corrected chi connectivity index (χ4v) is 16.2.